The normalized spacial score (nSPS) is 10.2. The van der Waals surface area contributed by atoms with Gasteiger partial charge in [0.25, 0.3) is 5.69 Å². The minimum atomic E-state index is -0.496. The third-order valence-corrected chi connectivity index (χ3v) is 3.37. The van der Waals surface area contributed by atoms with Crippen molar-refractivity contribution < 1.29 is 9.72 Å². The molecule has 3 rings (SSSR count). The molecule has 0 saturated heterocycles. The van der Waals surface area contributed by atoms with E-state index in [2.05, 4.69) is 20.6 Å². The standard InChI is InChI=1S/C16H14N6O3/c23-16(20-13-2-4-14(5-3-13)22(24)25)19-10-12-1-6-15(18-9-12)21-8-7-17-11-21/h1-9,11H,10H2,(H2,19,20,23). The minimum Gasteiger partial charge on any atom is -0.334 e. The van der Waals surface area contributed by atoms with Crippen LogP contribution in [-0.4, -0.2) is 25.5 Å². The molecule has 9 heteroatoms. The van der Waals surface area contributed by atoms with Crippen LogP contribution in [0.4, 0.5) is 16.2 Å². The Bertz CT molecular complexity index is 860. The SMILES string of the molecule is O=C(NCc1ccc(-n2ccnc2)nc1)Nc1ccc([N+](=O)[O-])cc1. The van der Waals surface area contributed by atoms with E-state index in [1.807, 2.05) is 12.1 Å². The molecule has 0 fully saturated rings. The zero-order valence-corrected chi connectivity index (χ0v) is 13.0. The molecule has 0 bridgehead atoms. The van der Waals surface area contributed by atoms with Crippen molar-refractivity contribution in [2.45, 2.75) is 6.54 Å². The molecule has 25 heavy (non-hydrogen) atoms. The van der Waals surface area contributed by atoms with Gasteiger partial charge in [0.1, 0.15) is 12.1 Å². The number of nitrogens with zero attached hydrogens (tertiary/aromatic N) is 4. The molecule has 0 atom stereocenters. The summed E-state index contributed by atoms with van der Waals surface area (Å²) in [6, 6.07) is 8.87. The molecule has 126 valence electrons. The molecule has 2 amide bonds. The molecule has 1 aromatic carbocycles. The Hall–Kier alpha value is -3.75. The first-order valence-corrected chi connectivity index (χ1v) is 7.34. The van der Waals surface area contributed by atoms with Gasteiger partial charge in [0, 0.05) is 43.0 Å². The van der Waals surface area contributed by atoms with E-state index in [0.29, 0.717) is 12.2 Å². The topological polar surface area (TPSA) is 115 Å². The second-order valence-corrected chi connectivity index (χ2v) is 5.11. The Labute approximate surface area is 142 Å². The van der Waals surface area contributed by atoms with Gasteiger partial charge in [-0.25, -0.2) is 14.8 Å². The lowest BCUT2D eigenvalue weighted by Gasteiger charge is -2.08. The Morgan fingerprint density at radius 2 is 2.00 bits per heavy atom. The van der Waals surface area contributed by atoms with Crippen molar-refractivity contribution in [1.82, 2.24) is 19.9 Å². The zero-order chi connectivity index (χ0) is 17.6. The van der Waals surface area contributed by atoms with E-state index in [9.17, 15) is 14.9 Å². The molecular weight excluding hydrogens is 324 g/mol. The smallest absolute Gasteiger partial charge is 0.319 e. The van der Waals surface area contributed by atoms with Gasteiger partial charge in [-0.2, -0.15) is 0 Å². The van der Waals surface area contributed by atoms with Crippen LogP contribution in [0, 0.1) is 10.1 Å². The average molecular weight is 338 g/mol. The van der Waals surface area contributed by atoms with Crippen LogP contribution in [0.5, 0.6) is 0 Å². The average Bonchev–Trinajstić information content (AvgIpc) is 3.15. The third-order valence-electron chi connectivity index (χ3n) is 3.37. The van der Waals surface area contributed by atoms with Crippen LogP contribution in [0.3, 0.4) is 0 Å². The zero-order valence-electron chi connectivity index (χ0n) is 13.0. The fourth-order valence-corrected chi connectivity index (χ4v) is 2.09. The number of carbonyl (C=O) groups excluding carboxylic acids is 1. The number of amides is 2. The summed E-state index contributed by atoms with van der Waals surface area (Å²) < 4.78 is 1.78. The van der Waals surface area contributed by atoms with Crippen LogP contribution >= 0.6 is 0 Å². The van der Waals surface area contributed by atoms with Crippen LogP contribution in [0.1, 0.15) is 5.56 Å². The van der Waals surface area contributed by atoms with E-state index in [1.165, 1.54) is 24.3 Å². The number of urea groups is 1. The molecule has 2 aromatic heterocycles. The van der Waals surface area contributed by atoms with Crippen molar-refractivity contribution in [3.05, 3.63) is 77.0 Å². The van der Waals surface area contributed by atoms with Crippen LogP contribution in [-0.2, 0) is 6.54 Å². The van der Waals surface area contributed by atoms with E-state index >= 15 is 0 Å². The largest absolute Gasteiger partial charge is 0.334 e. The first-order chi connectivity index (χ1) is 12.1. The number of carbonyl (C=O) groups is 1. The first kappa shape index (κ1) is 16.1. The Morgan fingerprint density at radius 3 is 2.60 bits per heavy atom. The van der Waals surface area contributed by atoms with E-state index < -0.39 is 11.0 Å². The summed E-state index contributed by atoms with van der Waals surface area (Å²) in [5.74, 6) is 0.733. The van der Waals surface area contributed by atoms with Gasteiger partial charge in [0.15, 0.2) is 0 Å². The number of benzene rings is 1. The molecule has 0 unspecified atom stereocenters. The molecule has 0 aliphatic carbocycles. The summed E-state index contributed by atoms with van der Waals surface area (Å²) in [6.07, 6.45) is 6.77. The fraction of sp³-hybridized carbons (Fsp3) is 0.0625. The minimum absolute atomic E-state index is 0.0324. The summed E-state index contributed by atoms with van der Waals surface area (Å²) in [4.78, 5) is 30.2. The lowest BCUT2D eigenvalue weighted by molar-refractivity contribution is -0.384. The highest BCUT2D eigenvalue weighted by molar-refractivity contribution is 5.89. The van der Waals surface area contributed by atoms with Crippen molar-refractivity contribution in [2.75, 3.05) is 5.32 Å². The molecule has 0 aliphatic rings. The third kappa shape index (κ3) is 4.16. The van der Waals surface area contributed by atoms with Gasteiger partial charge in [-0.1, -0.05) is 6.07 Å². The van der Waals surface area contributed by atoms with Gasteiger partial charge in [0.05, 0.1) is 4.92 Å². The lowest BCUT2D eigenvalue weighted by atomic mass is 10.3. The molecule has 2 heterocycles. The van der Waals surface area contributed by atoms with E-state index in [1.54, 1.807) is 29.5 Å². The van der Waals surface area contributed by atoms with Crippen LogP contribution in [0.15, 0.2) is 61.3 Å². The summed E-state index contributed by atoms with van der Waals surface area (Å²) in [5.41, 5.74) is 1.27. The Kier molecular flexibility index (Phi) is 4.65. The molecule has 3 aromatic rings. The number of anilines is 1. The summed E-state index contributed by atoms with van der Waals surface area (Å²) in [6.45, 7) is 0.302. The number of pyridine rings is 1. The van der Waals surface area contributed by atoms with Crippen molar-refractivity contribution in [3.63, 3.8) is 0 Å². The van der Waals surface area contributed by atoms with Gasteiger partial charge in [-0.15, -0.1) is 0 Å². The number of nitrogens with one attached hydrogen (secondary N) is 2. The Morgan fingerprint density at radius 1 is 1.20 bits per heavy atom. The van der Waals surface area contributed by atoms with Gasteiger partial charge in [0.2, 0.25) is 0 Å². The number of imidazole rings is 1. The van der Waals surface area contributed by atoms with Gasteiger partial charge < -0.3 is 10.6 Å². The van der Waals surface area contributed by atoms with E-state index in [4.69, 9.17) is 0 Å². The molecule has 2 N–H and O–H groups in total. The maximum absolute atomic E-state index is 11.9. The number of nitro benzene ring substituents is 1. The molecule has 0 saturated carbocycles. The van der Waals surface area contributed by atoms with Gasteiger partial charge in [-0.3, -0.25) is 14.7 Å². The van der Waals surface area contributed by atoms with Gasteiger partial charge >= 0.3 is 6.03 Å². The Balaban J connectivity index is 1.52. The summed E-state index contributed by atoms with van der Waals surface area (Å²) in [5, 5.41) is 15.9. The predicted octanol–water partition coefficient (Wildman–Crippen LogP) is 2.50. The number of non-ortho nitro benzene ring substituents is 1. The maximum Gasteiger partial charge on any atom is 0.319 e. The fourth-order valence-electron chi connectivity index (χ4n) is 2.09. The molecular formula is C16H14N6O3. The van der Waals surface area contributed by atoms with Crippen molar-refractivity contribution >= 4 is 17.4 Å². The van der Waals surface area contributed by atoms with Crippen molar-refractivity contribution in [3.8, 4) is 5.82 Å². The van der Waals surface area contributed by atoms with Crippen LogP contribution in [0.25, 0.3) is 5.82 Å². The second-order valence-electron chi connectivity index (χ2n) is 5.11. The van der Waals surface area contributed by atoms with Crippen LogP contribution < -0.4 is 10.6 Å². The van der Waals surface area contributed by atoms with Gasteiger partial charge in [-0.05, 0) is 23.8 Å². The number of rotatable bonds is 5. The highest BCUT2D eigenvalue weighted by Crippen LogP contribution is 2.15. The summed E-state index contributed by atoms with van der Waals surface area (Å²) in [7, 11) is 0. The number of aromatic nitrogens is 3. The maximum atomic E-state index is 11.9. The lowest BCUT2D eigenvalue weighted by Crippen LogP contribution is -2.28. The first-order valence-electron chi connectivity index (χ1n) is 7.34. The highest BCUT2D eigenvalue weighted by atomic mass is 16.6. The van der Waals surface area contributed by atoms with Crippen molar-refractivity contribution in [2.24, 2.45) is 0 Å². The summed E-state index contributed by atoms with van der Waals surface area (Å²) >= 11 is 0. The van der Waals surface area contributed by atoms with E-state index in [0.717, 1.165) is 11.4 Å². The van der Waals surface area contributed by atoms with Crippen LogP contribution in [0.2, 0.25) is 0 Å². The molecule has 9 nitrogen and oxygen atoms in total. The number of hydrogen-bond donors (Lipinski definition) is 2. The number of hydrogen-bond acceptors (Lipinski definition) is 5. The highest BCUT2D eigenvalue weighted by Gasteiger charge is 2.06. The molecule has 0 spiro atoms. The predicted molar refractivity (Wildman–Crippen MR) is 90.3 cm³/mol. The van der Waals surface area contributed by atoms with E-state index in [-0.39, 0.29) is 5.69 Å². The quantitative estimate of drug-likeness (QED) is 0.548. The molecule has 0 radical (unpaired) electrons. The number of nitro groups is 1. The van der Waals surface area contributed by atoms with Crippen molar-refractivity contribution in [1.29, 1.82) is 0 Å². The second kappa shape index (κ2) is 7.21. The molecule has 0 aliphatic heterocycles. The monoisotopic (exact) mass is 338 g/mol.